The van der Waals surface area contributed by atoms with Crippen LogP contribution in [-0.2, 0) is 17.2 Å². The summed E-state index contributed by atoms with van der Waals surface area (Å²) in [7, 11) is -1.33. The molecule has 34 heavy (non-hydrogen) atoms. The van der Waals surface area contributed by atoms with Crippen molar-refractivity contribution in [2.75, 3.05) is 30.0 Å². The lowest BCUT2D eigenvalue weighted by molar-refractivity contribution is 0.186. The molecule has 1 unspecified atom stereocenters. The number of hydrogen-bond acceptors (Lipinski definition) is 9. The van der Waals surface area contributed by atoms with Gasteiger partial charge in [0.1, 0.15) is 10.8 Å². The van der Waals surface area contributed by atoms with Crippen molar-refractivity contribution in [3.63, 3.8) is 0 Å². The van der Waals surface area contributed by atoms with Crippen LogP contribution in [0, 0.1) is 5.41 Å². The summed E-state index contributed by atoms with van der Waals surface area (Å²) in [6, 6.07) is 5.64. The van der Waals surface area contributed by atoms with Crippen molar-refractivity contribution in [1.29, 1.82) is 0 Å². The lowest BCUT2D eigenvalue weighted by atomic mass is 9.73. The summed E-state index contributed by atoms with van der Waals surface area (Å²) in [6.45, 7) is 1.52. The fourth-order valence-electron chi connectivity index (χ4n) is 4.80. The maximum atomic E-state index is 12.6. The molecular weight excluding hydrogens is 513 g/mol. The topological polar surface area (TPSA) is 124 Å². The summed E-state index contributed by atoms with van der Waals surface area (Å²) in [5.74, 6) is 0.895. The molecule has 0 saturated carbocycles. The Balaban J connectivity index is 1.37. The number of halogens is 2. The van der Waals surface area contributed by atoms with Crippen LogP contribution < -0.4 is 16.4 Å². The Kier molecular flexibility index (Phi) is 6.45. The van der Waals surface area contributed by atoms with Gasteiger partial charge >= 0.3 is 0 Å². The number of rotatable bonds is 4. The van der Waals surface area contributed by atoms with Crippen molar-refractivity contribution < 1.29 is 4.21 Å². The first-order valence-electron chi connectivity index (χ1n) is 10.7. The summed E-state index contributed by atoms with van der Waals surface area (Å²) in [5.41, 5.74) is 14.7. The summed E-state index contributed by atoms with van der Waals surface area (Å²) in [6.07, 6.45) is 7.80. The van der Waals surface area contributed by atoms with Gasteiger partial charge in [-0.3, -0.25) is 9.19 Å². The minimum absolute atomic E-state index is 0.000763. The molecule has 0 radical (unpaired) electrons. The maximum absolute atomic E-state index is 12.6. The fourth-order valence-corrected chi connectivity index (χ4v) is 6.82. The van der Waals surface area contributed by atoms with Crippen molar-refractivity contribution in [2.24, 2.45) is 11.1 Å². The maximum Gasteiger partial charge on any atom is 0.170 e. The van der Waals surface area contributed by atoms with E-state index >= 15 is 0 Å². The first-order chi connectivity index (χ1) is 16.3. The second kappa shape index (κ2) is 9.23. The minimum atomic E-state index is -1.33. The zero-order valence-electron chi connectivity index (χ0n) is 18.4. The van der Waals surface area contributed by atoms with Gasteiger partial charge in [-0.2, -0.15) is 0 Å². The molecular formula is C22H23Cl2N7OS2. The van der Waals surface area contributed by atoms with Crippen molar-refractivity contribution in [2.45, 2.75) is 40.3 Å². The third-order valence-electron chi connectivity index (χ3n) is 6.59. The SMILES string of the molecule is CS(=O)c1nc(Sc2cc(N)nc(Cl)c2Cl)cnc1N1CCC2(CC1)Cc1ncccc1[C@H]2N. The van der Waals surface area contributed by atoms with Crippen LogP contribution in [0.25, 0.3) is 0 Å². The normalized spacial score (nSPS) is 19.9. The molecule has 1 aliphatic carbocycles. The number of anilines is 2. The number of hydrogen-bond donors (Lipinski definition) is 2. The molecule has 3 aromatic heterocycles. The highest BCUT2D eigenvalue weighted by Crippen LogP contribution is 2.50. The third-order valence-corrected chi connectivity index (χ3v) is 9.22. The predicted octanol–water partition coefficient (Wildman–Crippen LogP) is 3.89. The van der Waals surface area contributed by atoms with Gasteiger partial charge in [0, 0.05) is 42.2 Å². The second-order valence-electron chi connectivity index (χ2n) is 8.59. The average Bonchev–Trinajstić information content (AvgIpc) is 3.09. The van der Waals surface area contributed by atoms with Gasteiger partial charge in [-0.1, -0.05) is 41.0 Å². The predicted molar refractivity (Wildman–Crippen MR) is 136 cm³/mol. The van der Waals surface area contributed by atoms with E-state index in [0.717, 1.165) is 43.6 Å². The van der Waals surface area contributed by atoms with Crippen molar-refractivity contribution in [1.82, 2.24) is 19.9 Å². The first-order valence-corrected chi connectivity index (χ1v) is 13.8. The van der Waals surface area contributed by atoms with Gasteiger partial charge in [0.2, 0.25) is 0 Å². The van der Waals surface area contributed by atoms with Gasteiger partial charge < -0.3 is 16.4 Å². The summed E-state index contributed by atoms with van der Waals surface area (Å²) in [5, 5.41) is 1.39. The van der Waals surface area contributed by atoms with Crippen LogP contribution in [0.3, 0.4) is 0 Å². The van der Waals surface area contributed by atoms with E-state index in [9.17, 15) is 4.21 Å². The molecule has 1 fully saturated rings. The molecule has 178 valence electrons. The van der Waals surface area contributed by atoms with Crippen LogP contribution >= 0.6 is 35.0 Å². The Labute approximate surface area is 214 Å². The molecule has 2 aliphatic rings. The number of fused-ring (bicyclic) bond motifs is 1. The Morgan fingerprint density at radius 1 is 1.24 bits per heavy atom. The first kappa shape index (κ1) is 23.7. The van der Waals surface area contributed by atoms with E-state index in [4.69, 9.17) is 34.7 Å². The van der Waals surface area contributed by atoms with Gasteiger partial charge in [-0.25, -0.2) is 15.0 Å². The monoisotopic (exact) mass is 535 g/mol. The largest absolute Gasteiger partial charge is 0.384 e. The van der Waals surface area contributed by atoms with Crippen molar-refractivity contribution in [3.8, 4) is 0 Å². The Bertz CT molecular complexity index is 1280. The minimum Gasteiger partial charge on any atom is -0.384 e. The molecule has 2 atom stereocenters. The van der Waals surface area contributed by atoms with E-state index in [-0.39, 0.29) is 27.5 Å². The Morgan fingerprint density at radius 2 is 2.00 bits per heavy atom. The van der Waals surface area contributed by atoms with Crippen LogP contribution in [0.1, 0.15) is 30.1 Å². The highest BCUT2D eigenvalue weighted by atomic mass is 35.5. The van der Waals surface area contributed by atoms with Crippen LogP contribution in [0.5, 0.6) is 0 Å². The van der Waals surface area contributed by atoms with E-state index in [1.165, 1.54) is 11.8 Å². The van der Waals surface area contributed by atoms with E-state index in [1.54, 1.807) is 18.5 Å². The molecule has 0 bridgehead atoms. The number of piperidine rings is 1. The standard InChI is InChI=1S/C22H23Cl2N7OS2/c1-34(32)21-20(28-11-16(30-21)33-14-9-15(25)29-19(24)17(14)23)31-7-4-22(5-8-31)10-13-12(18(22)26)3-2-6-27-13/h2-3,6,9,11,18H,4-5,7-8,10,26H2,1H3,(H2,25,29)/t18-,34?/m1/s1. The molecule has 1 spiro atoms. The molecule has 8 nitrogen and oxygen atoms in total. The molecule has 4 N–H and O–H groups in total. The third kappa shape index (κ3) is 4.26. The lowest BCUT2D eigenvalue weighted by Gasteiger charge is -2.42. The highest BCUT2D eigenvalue weighted by molar-refractivity contribution is 7.99. The van der Waals surface area contributed by atoms with E-state index in [0.29, 0.717) is 20.8 Å². The zero-order chi connectivity index (χ0) is 24.0. The smallest absolute Gasteiger partial charge is 0.170 e. The molecule has 1 aliphatic heterocycles. The number of nitrogens with zero attached hydrogens (tertiary/aromatic N) is 5. The van der Waals surface area contributed by atoms with Crippen LogP contribution in [0.2, 0.25) is 10.2 Å². The molecule has 1 saturated heterocycles. The van der Waals surface area contributed by atoms with Crippen molar-refractivity contribution >= 4 is 57.4 Å². The zero-order valence-corrected chi connectivity index (χ0v) is 21.5. The van der Waals surface area contributed by atoms with Crippen LogP contribution in [-0.4, -0.2) is 43.5 Å². The fraction of sp³-hybridized carbons (Fsp3) is 0.364. The molecule has 5 rings (SSSR count). The van der Waals surface area contributed by atoms with E-state index in [1.807, 2.05) is 12.3 Å². The van der Waals surface area contributed by atoms with Gasteiger partial charge in [-0.05, 0) is 42.4 Å². The average molecular weight is 537 g/mol. The van der Waals surface area contributed by atoms with E-state index < -0.39 is 10.8 Å². The Hall–Kier alpha value is -1.98. The van der Waals surface area contributed by atoms with Crippen LogP contribution in [0.15, 0.2) is 45.5 Å². The molecule has 4 heterocycles. The number of nitrogens with two attached hydrogens (primary N) is 2. The molecule has 0 aromatic carbocycles. The quantitative estimate of drug-likeness (QED) is 0.478. The van der Waals surface area contributed by atoms with Gasteiger partial charge in [0.15, 0.2) is 16.0 Å². The van der Waals surface area contributed by atoms with Gasteiger partial charge in [0.25, 0.3) is 0 Å². The summed E-state index contributed by atoms with van der Waals surface area (Å²) < 4.78 is 12.6. The Morgan fingerprint density at radius 3 is 2.71 bits per heavy atom. The summed E-state index contributed by atoms with van der Waals surface area (Å²) >= 11 is 13.6. The number of pyridine rings is 2. The van der Waals surface area contributed by atoms with E-state index in [2.05, 4.69) is 30.9 Å². The number of nitrogen functional groups attached to an aromatic ring is 1. The molecule has 12 heteroatoms. The van der Waals surface area contributed by atoms with Crippen LogP contribution in [0.4, 0.5) is 11.6 Å². The highest BCUT2D eigenvalue weighted by Gasteiger charge is 2.46. The van der Waals surface area contributed by atoms with Gasteiger partial charge in [0.05, 0.1) is 22.0 Å². The summed E-state index contributed by atoms with van der Waals surface area (Å²) in [4.78, 5) is 20.5. The van der Waals surface area contributed by atoms with Crippen molar-refractivity contribution in [3.05, 3.63) is 52.0 Å². The molecule has 0 amide bonds. The van der Waals surface area contributed by atoms with Gasteiger partial charge in [-0.15, -0.1) is 0 Å². The molecule has 3 aromatic rings. The number of aromatic nitrogens is 4. The lowest BCUT2D eigenvalue weighted by Crippen LogP contribution is -2.45. The second-order valence-corrected chi connectivity index (χ2v) is 11.7.